The Hall–Kier alpha value is -2.70. The molecule has 0 spiro atoms. The number of carbonyl (C=O) groups is 2. The molecule has 0 aliphatic carbocycles. The van der Waals surface area contributed by atoms with E-state index in [2.05, 4.69) is 41.5 Å². The molecule has 296 valence electrons. The van der Waals surface area contributed by atoms with Crippen LogP contribution < -0.4 is 0 Å². The van der Waals surface area contributed by atoms with Gasteiger partial charge in [-0.15, -0.1) is 0 Å². The van der Waals surface area contributed by atoms with E-state index < -0.39 is 11.9 Å². The standard InChI is InChI=1S/C24H40O3.C22H36O3/c1-5-8-9-10-11-12-15-20-19(13-6-2)18-23(24(25)26)22(16-17-27-4)21(20)14-7-3;1-5-8-9-10-11-12-13-19-17(6-2)16-21(22(23)24)20(14-15-25-4)18(19)7-3/h18H,5-17H2,1-4H3,(H,25,26);16H,5-15H2,1-4H3,(H,23,24). The van der Waals surface area contributed by atoms with Crippen molar-refractivity contribution in [2.24, 2.45) is 0 Å². The van der Waals surface area contributed by atoms with Crippen molar-refractivity contribution in [3.63, 3.8) is 0 Å². The summed E-state index contributed by atoms with van der Waals surface area (Å²) in [6.45, 7) is 14.2. The molecule has 0 atom stereocenters. The number of hydrogen-bond donors (Lipinski definition) is 2. The van der Waals surface area contributed by atoms with Crippen LogP contribution in [0.25, 0.3) is 0 Å². The number of methoxy groups -OCH3 is 2. The van der Waals surface area contributed by atoms with E-state index in [9.17, 15) is 19.8 Å². The van der Waals surface area contributed by atoms with Gasteiger partial charge in [0.05, 0.1) is 24.3 Å². The van der Waals surface area contributed by atoms with Crippen LogP contribution in [-0.4, -0.2) is 49.6 Å². The van der Waals surface area contributed by atoms with E-state index in [0.29, 0.717) is 37.2 Å². The van der Waals surface area contributed by atoms with Crippen molar-refractivity contribution in [3.8, 4) is 0 Å². The van der Waals surface area contributed by atoms with Crippen molar-refractivity contribution >= 4 is 11.9 Å². The lowest BCUT2D eigenvalue weighted by Gasteiger charge is -2.21. The van der Waals surface area contributed by atoms with E-state index in [4.69, 9.17) is 9.47 Å². The number of aryl methyl sites for hydroxylation is 2. The highest BCUT2D eigenvalue weighted by Gasteiger charge is 2.21. The predicted octanol–water partition coefficient (Wildman–Crippen LogP) is 12.0. The van der Waals surface area contributed by atoms with Gasteiger partial charge < -0.3 is 19.7 Å². The minimum absolute atomic E-state index is 0.470. The smallest absolute Gasteiger partial charge is 0.335 e. The summed E-state index contributed by atoms with van der Waals surface area (Å²) in [5.74, 6) is -1.62. The molecule has 0 aliphatic rings. The van der Waals surface area contributed by atoms with Gasteiger partial charge in [0.1, 0.15) is 0 Å². The Balaban J connectivity index is 0.000000522. The summed E-state index contributed by atoms with van der Waals surface area (Å²) < 4.78 is 10.5. The van der Waals surface area contributed by atoms with Crippen LogP contribution in [0.1, 0.15) is 197 Å². The van der Waals surface area contributed by atoms with Gasteiger partial charge in [-0.2, -0.15) is 0 Å². The highest BCUT2D eigenvalue weighted by Crippen LogP contribution is 2.30. The van der Waals surface area contributed by atoms with Crippen molar-refractivity contribution in [1.29, 1.82) is 0 Å². The second-order valence-corrected chi connectivity index (χ2v) is 14.4. The molecule has 0 unspecified atom stereocenters. The van der Waals surface area contributed by atoms with Gasteiger partial charge in [0, 0.05) is 14.2 Å². The fourth-order valence-electron chi connectivity index (χ4n) is 7.71. The summed E-state index contributed by atoms with van der Waals surface area (Å²) in [4.78, 5) is 23.7. The average molecular weight is 725 g/mol. The summed E-state index contributed by atoms with van der Waals surface area (Å²) in [7, 11) is 3.35. The Morgan fingerprint density at radius 1 is 0.442 bits per heavy atom. The van der Waals surface area contributed by atoms with Crippen LogP contribution in [0.15, 0.2) is 12.1 Å². The molecule has 2 aromatic carbocycles. The van der Waals surface area contributed by atoms with Gasteiger partial charge in [-0.25, -0.2) is 9.59 Å². The van der Waals surface area contributed by atoms with Crippen LogP contribution in [0, 0.1) is 0 Å². The Bertz CT molecular complexity index is 1300. The first-order valence-electron chi connectivity index (χ1n) is 21.0. The number of rotatable bonds is 28. The molecule has 0 aliphatic heterocycles. The SMILES string of the molecule is CCCCCCCCc1c(CC)cc(C(=O)O)c(CCOC)c1CC.CCCCCCCCc1c(CCC)cc(C(=O)O)c(CCOC)c1CCC. The van der Waals surface area contributed by atoms with Gasteiger partial charge in [0.2, 0.25) is 0 Å². The highest BCUT2D eigenvalue weighted by atomic mass is 16.5. The van der Waals surface area contributed by atoms with E-state index >= 15 is 0 Å². The van der Waals surface area contributed by atoms with Crippen LogP contribution in [0.5, 0.6) is 0 Å². The molecular formula is C46H76O6. The predicted molar refractivity (Wildman–Crippen MR) is 219 cm³/mol. The van der Waals surface area contributed by atoms with E-state index in [1.54, 1.807) is 14.2 Å². The number of aromatic carboxylic acids is 2. The van der Waals surface area contributed by atoms with E-state index in [1.807, 2.05) is 12.1 Å². The number of carboxylic acid groups (broad SMARTS) is 2. The maximum absolute atomic E-state index is 11.9. The Kier molecular flexibility index (Phi) is 26.2. The first kappa shape index (κ1) is 47.3. The first-order valence-corrected chi connectivity index (χ1v) is 21.0. The molecule has 0 aromatic heterocycles. The molecule has 52 heavy (non-hydrogen) atoms. The van der Waals surface area contributed by atoms with E-state index in [0.717, 1.165) is 62.5 Å². The molecule has 0 saturated heterocycles. The van der Waals surface area contributed by atoms with Crippen LogP contribution in [0.2, 0.25) is 0 Å². The topological polar surface area (TPSA) is 93.1 Å². The number of carboxylic acids is 2. The molecule has 2 rings (SSSR count). The van der Waals surface area contributed by atoms with Crippen LogP contribution >= 0.6 is 0 Å². The summed E-state index contributed by atoms with van der Waals surface area (Å²) in [6, 6.07) is 3.88. The second kappa shape index (κ2) is 28.8. The van der Waals surface area contributed by atoms with Crippen LogP contribution in [0.3, 0.4) is 0 Å². The molecule has 6 nitrogen and oxygen atoms in total. The van der Waals surface area contributed by atoms with Crippen LogP contribution in [0.4, 0.5) is 0 Å². The highest BCUT2D eigenvalue weighted by molar-refractivity contribution is 5.91. The van der Waals surface area contributed by atoms with Crippen molar-refractivity contribution in [1.82, 2.24) is 0 Å². The molecule has 0 amide bonds. The first-order chi connectivity index (χ1) is 25.2. The molecule has 0 heterocycles. The number of hydrogen-bond acceptors (Lipinski definition) is 4. The van der Waals surface area contributed by atoms with Gasteiger partial charge in [-0.05, 0) is 121 Å². The maximum Gasteiger partial charge on any atom is 0.335 e. The van der Waals surface area contributed by atoms with E-state index in [1.165, 1.54) is 110 Å². The summed E-state index contributed by atoms with van der Waals surface area (Å²) >= 11 is 0. The lowest BCUT2D eigenvalue weighted by molar-refractivity contribution is 0.0684. The summed E-state index contributed by atoms with van der Waals surface area (Å²) in [5, 5.41) is 19.4. The zero-order valence-corrected chi connectivity index (χ0v) is 34.7. The molecule has 6 heteroatoms. The largest absolute Gasteiger partial charge is 0.478 e. The van der Waals surface area contributed by atoms with Gasteiger partial charge in [0.15, 0.2) is 0 Å². The molecule has 0 saturated carbocycles. The molecule has 2 aromatic rings. The Morgan fingerprint density at radius 3 is 1.27 bits per heavy atom. The Morgan fingerprint density at radius 2 is 0.865 bits per heavy atom. The van der Waals surface area contributed by atoms with Gasteiger partial charge in [-0.3, -0.25) is 0 Å². The molecule has 0 radical (unpaired) electrons. The lowest BCUT2D eigenvalue weighted by atomic mass is 9.84. The lowest BCUT2D eigenvalue weighted by Crippen LogP contribution is -2.14. The number of benzene rings is 2. The normalized spacial score (nSPS) is 11.1. The second-order valence-electron chi connectivity index (χ2n) is 14.4. The zero-order chi connectivity index (χ0) is 38.7. The molecular weight excluding hydrogens is 649 g/mol. The van der Waals surface area contributed by atoms with Crippen molar-refractivity contribution < 1.29 is 29.3 Å². The van der Waals surface area contributed by atoms with Crippen LogP contribution in [-0.2, 0) is 60.8 Å². The molecule has 0 fully saturated rings. The summed E-state index contributed by atoms with van der Waals surface area (Å²) in [5.41, 5.74) is 10.8. The number of ether oxygens (including phenoxy) is 2. The quantitative estimate of drug-likeness (QED) is 0.0849. The van der Waals surface area contributed by atoms with Gasteiger partial charge in [0.25, 0.3) is 0 Å². The minimum Gasteiger partial charge on any atom is -0.478 e. The third-order valence-electron chi connectivity index (χ3n) is 10.4. The maximum atomic E-state index is 11.9. The minimum atomic E-state index is -0.818. The zero-order valence-electron chi connectivity index (χ0n) is 34.7. The fourth-order valence-corrected chi connectivity index (χ4v) is 7.71. The third-order valence-corrected chi connectivity index (χ3v) is 10.4. The van der Waals surface area contributed by atoms with Crippen molar-refractivity contribution in [2.75, 3.05) is 27.4 Å². The Labute approximate surface area is 318 Å². The van der Waals surface area contributed by atoms with Gasteiger partial charge >= 0.3 is 11.9 Å². The molecule has 2 N–H and O–H groups in total. The van der Waals surface area contributed by atoms with Gasteiger partial charge in [-0.1, -0.05) is 119 Å². The summed E-state index contributed by atoms with van der Waals surface area (Å²) in [6.07, 6.45) is 24.7. The van der Waals surface area contributed by atoms with Crippen molar-refractivity contribution in [3.05, 3.63) is 67.8 Å². The molecule has 0 bridgehead atoms. The van der Waals surface area contributed by atoms with E-state index in [-0.39, 0.29) is 0 Å². The number of unbranched alkanes of at least 4 members (excludes halogenated alkanes) is 10. The average Bonchev–Trinajstić information content (AvgIpc) is 3.13. The monoisotopic (exact) mass is 725 g/mol. The third kappa shape index (κ3) is 16.1. The van der Waals surface area contributed by atoms with Crippen molar-refractivity contribution in [2.45, 2.75) is 183 Å². The fraction of sp³-hybridized carbons (Fsp3) is 0.696.